The maximum absolute atomic E-state index is 11.8. The minimum absolute atomic E-state index is 0.211. The van der Waals surface area contributed by atoms with Crippen molar-refractivity contribution in [3.63, 3.8) is 0 Å². The van der Waals surface area contributed by atoms with Gasteiger partial charge in [0.25, 0.3) is 5.91 Å². The second kappa shape index (κ2) is 4.85. The lowest BCUT2D eigenvalue weighted by Crippen LogP contribution is -1.90. The third-order valence-electron chi connectivity index (χ3n) is 2.71. The second-order valence-electron chi connectivity index (χ2n) is 4.17. The molecule has 0 saturated heterocycles. The van der Waals surface area contributed by atoms with Crippen LogP contribution < -0.4 is 0 Å². The van der Waals surface area contributed by atoms with Gasteiger partial charge in [-0.15, -0.1) is 0 Å². The fourth-order valence-corrected chi connectivity index (χ4v) is 2.60. The Balaban J connectivity index is 1.86. The van der Waals surface area contributed by atoms with Crippen molar-refractivity contribution in [3.8, 4) is 0 Å². The third-order valence-corrected chi connectivity index (χ3v) is 3.74. The Morgan fingerprint density at radius 2 is 2.05 bits per heavy atom. The van der Waals surface area contributed by atoms with E-state index in [0.29, 0.717) is 10.7 Å². The van der Waals surface area contributed by atoms with Gasteiger partial charge in [0.05, 0.1) is 4.91 Å². The van der Waals surface area contributed by atoms with Crippen LogP contribution in [-0.4, -0.2) is 20.9 Å². The molecule has 0 unspecified atom stereocenters. The molecule has 2 aromatic rings. The number of carbonyl (C=O) groups is 1. The number of aryl methyl sites for hydroxylation is 1. The Hall–Kier alpha value is -2.14. The molecule has 0 aliphatic carbocycles. The van der Waals surface area contributed by atoms with Crippen molar-refractivity contribution < 1.29 is 4.79 Å². The van der Waals surface area contributed by atoms with Crippen molar-refractivity contribution in [2.24, 2.45) is 4.99 Å². The molecule has 5 heteroatoms. The zero-order chi connectivity index (χ0) is 13.2. The van der Waals surface area contributed by atoms with Gasteiger partial charge in [0.1, 0.15) is 10.9 Å². The van der Waals surface area contributed by atoms with E-state index in [1.54, 1.807) is 18.5 Å². The molecule has 0 spiro atoms. The lowest BCUT2D eigenvalue weighted by Gasteiger charge is -1.99. The number of aromatic nitrogens is 2. The normalized spacial score (nSPS) is 17.0. The number of H-pyrrole nitrogens is 1. The maximum Gasteiger partial charge on any atom is 0.285 e. The zero-order valence-corrected chi connectivity index (χ0v) is 11.1. The number of aliphatic imine (C=N–C) groups is 1. The van der Waals surface area contributed by atoms with Gasteiger partial charge in [0.15, 0.2) is 0 Å². The molecule has 0 radical (unpaired) electrons. The highest BCUT2D eigenvalue weighted by molar-refractivity contribution is 8.19. The molecular formula is C14H11N3OS. The molecule has 0 bridgehead atoms. The first kappa shape index (κ1) is 11.9. The molecule has 0 fully saturated rings. The predicted molar refractivity (Wildman–Crippen MR) is 76.9 cm³/mol. The van der Waals surface area contributed by atoms with Gasteiger partial charge in [-0.1, -0.05) is 41.6 Å². The molecule has 1 N–H and O–H groups in total. The van der Waals surface area contributed by atoms with E-state index in [-0.39, 0.29) is 5.91 Å². The second-order valence-corrected chi connectivity index (χ2v) is 5.20. The van der Waals surface area contributed by atoms with Gasteiger partial charge in [-0.2, -0.15) is 0 Å². The summed E-state index contributed by atoms with van der Waals surface area (Å²) in [6, 6.07) is 7.98. The molecule has 2 heterocycles. The number of carbonyl (C=O) groups excluding carboxylic acids is 1. The van der Waals surface area contributed by atoms with Crippen LogP contribution in [0.25, 0.3) is 6.08 Å². The topological polar surface area (TPSA) is 58.1 Å². The van der Waals surface area contributed by atoms with Crippen LogP contribution in [0, 0.1) is 6.92 Å². The average Bonchev–Trinajstić information content (AvgIpc) is 3.02. The smallest absolute Gasteiger partial charge is 0.285 e. The Morgan fingerprint density at radius 3 is 2.74 bits per heavy atom. The number of nitrogens with one attached hydrogen (secondary N) is 1. The van der Waals surface area contributed by atoms with Crippen molar-refractivity contribution >= 4 is 28.8 Å². The molecule has 94 valence electrons. The average molecular weight is 269 g/mol. The summed E-state index contributed by atoms with van der Waals surface area (Å²) in [5.74, 6) is 0.452. The summed E-state index contributed by atoms with van der Waals surface area (Å²) in [5, 5.41) is 0.739. The number of hydrogen-bond acceptors (Lipinski definition) is 3. The molecule has 4 nitrogen and oxygen atoms in total. The first-order valence-electron chi connectivity index (χ1n) is 5.81. The number of aromatic amines is 1. The van der Waals surface area contributed by atoms with Crippen molar-refractivity contribution in [2.45, 2.75) is 6.92 Å². The van der Waals surface area contributed by atoms with Crippen molar-refractivity contribution in [1.29, 1.82) is 0 Å². The first-order valence-corrected chi connectivity index (χ1v) is 6.63. The van der Waals surface area contributed by atoms with E-state index in [0.717, 1.165) is 10.6 Å². The van der Waals surface area contributed by atoms with Crippen molar-refractivity contribution in [1.82, 2.24) is 9.97 Å². The first-order chi connectivity index (χ1) is 9.22. The number of rotatable bonds is 2. The highest BCUT2D eigenvalue weighted by Gasteiger charge is 2.23. The van der Waals surface area contributed by atoms with E-state index in [4.69, 9.17) is 0 Å². The van der Waals surface area contributed by atoms with Crippen LogP contribution in [0.2, 0.25) is 0 Å². The highest BCUT2D eigenvalue weighted by Crippen LogP contribution is 2.31. The van der Waals surface area contributed by atoms with Gasteiger partial charge in [-0.25, -0.2) is 9.98 Å². The van der Waals surface area contributed by atoms with Gasteiger partial charge in [0, 0.05) is 24.0 Å². The molecule has 1 aliphatic heterocycles. The van der Waals surface area contributed by atoms with Crippen molar-refractivity contribution in [3.05, 3.63) is 58.5 Å². The lowest BCUT2D eigenvalue weighted by molar-refractivity contribution is -0.113. The van der Waals surface area contributed by atoms with Crippen molar-refractivity contribution in [2.75, 3.05) is 0 Å². The summed E-state index contributed by atoms with van der Waals surface area (Å²) >= 11 is 1.38. The van der Waals surface area contributed by atoms with Crippen LogP contribution in [0.15, 0.2) is 46.6 Å². The quantitative estimate of drug-likeness (QED) is 0.853. The number of imidazole rings is 1. The SMILES string of the molecule is Cc1ccc(C2=NC(=O)/C(=C/c3ncc[nH]3)S2)cc1. The monoisotopic (exact) mass is 269 g/mol. The Morgan fingerprint density at radius 1 is 1.26 bits per heavy atom. The lowest BCUT2D eigenvalue weighted by atomic mass is 10.2. The number of thioether (sulfide) groups is 1. The molecule has 0 saturated carbocycles. The largest absolute Gasteiger partial charge is 0.345 e. The maximum atomic E-state index is 11.8. The standard InChI is InChI=1S/C14H11N3OS/c1-9-2-4-10(5-3-9)14-17-13(18)11(19-14)8-12-15-6-7-16-12/h2-8H,1H3,(H,15,16)/b11-8-. The Kier molecular flexibility index (Phi) is 3.05. The zero-order valence-electron chi connectivity index (χ0n) is 10.3. The van der Waals surface area contributed by atoms with E-state index >= 15 is 0 Å². The fourth-order valence-electron chi connectivity index (χ4n) is 1.71. The van der Waals surface area contributed by atoms with E-state index in [1.807, 2.05) is 31.2 Å². The molecule has 1 aromatic carbocycles. The minimum atomic E-state index is -0.211. The number of nitrogens with zero attached hydrogens (tertiary/aromatic N) is 2. The van der Waals surface area contributed by atoms with E-state index in [9.17, 15) is 4.79 Å². The van der Waals surface area contributed by atoms with Crippen LogP contribution >= 0.6 is 11.8 Å². The molecule has 3 rings (SSSR count). The van der Waals surface area contributed by atoms with E-state index in [2.05, 4.69) is 15.0 Å². The van der Waals surface area contributed by atoms with Gasteiger partial charge in [0.2, 0.25) is 0 Å². The van der Waals surface area contributed by atoms with Gasteiger partial charge < -0.3 is 4.98 Å². The highest BCUT2D eigenvalue weighted by atomic mass is 32.2. The third kappa shape index (κ3) is 2.51. The van der Waals surface area contributed by atoms with Gasteiger partial charge in [-0.3, -0.25) is 4.79 Å². The molecule has 0 atom stereocenters. The summed E-state index contributed by atoms with van der Waals surface area (Å²) in [6.45, 7) is 2.03. The van der Waals surface area contributed by atoms with Crippen LogP contribution in [0.5, 0.6) is 0 Å². The Bertz CT molecular complexity index is 669. The number of benzene rings is 1. The van der Waals surface area contributed by atoms with E-state index in [1.165, 1.54) is 17.3 Å². The molecule has 19 heavy (non-hydrogen) atoms. The van der Waals surface area contributed by atoms with Gasteiger partial charge in [-0.05, 0) is 6.92 Å². The number of hydrogen-bond donors (Lipinski definition) is 1. The summed E-state index contributed by atoms with van der Waals surface area (Å²) in [7, 11) is 0. The van der Waals surface area contributed by atoms with Crippen LogP contribution in [0.3, 0.4) is 0 Å². The Labute approximate surface area is 114 Å². The molecule has 1 amide bonds. The van der Waals surface area contributed by atoms with Crippen LogP contribution in [0.1, 0.15) is 17.0 Å². The number of amides is 1. The fraction of sp³-hybridized carbons (Fsp3) is 0.0714. The van der Waals surface area contributed by atoms with Crippen LogP contribution in [0.4, 0.5) is 0 Å². The minimum Gasteiger partial charge on any atom is -0.345 e. The molecular weight excluding hydrogens is 258 g/mol. The predicted octanol–water partition coefficient (Wildman–Crippen LogP) is 2.78. The van der Waals surface area contributed by atoms with Crippen LogP contribution in [-0.2, 0) is 4.79 Å². The van der Waals surface area contributed by atoms with E-state index < -0.39 is 0 Å². The summed E-state index contributed by atoms with van der Waals surface area (Å²) in [6.07, 6.45) is 5.09. The summed E-state index contributed by atoms with van der Waals surface area (Å²) in [5.41, 5.74) is 2.15. The molecule has 1 aromatic heterocycles. The summed E-state index contributed by atoms with van der Waals surface area (Å²) < 4.78 is 0. The van der Waals surface area contributed by atoms with Gasteiger partial charge >= 0.3 is 0 Å². The molecule has 1 aliphatic rings. The summed E-state index contributed by atoms with van der Waals surface area (Å²) in [4.78, 5) is 23.5.